The first-order chi connectivity index (χ1) is 11.7. The highest BCUT2D eigenvalue weighted by atomic mass is 16.3. The lowest BCUT2D eigenvalue weighted by molar-refractivity contribution is 0.0255. The van der Waals surface area contributed by atoms with Crippen molar-refractivity contribution in [1.82, 2.24) is 14.8 Å². The number of aliphatic hydroxyl groups is 1. The van der Waals surface area contributed by atoms with Crippen LogP contribution in [0.2, 0.25) is 0 Å². The predicted octanol–water partition coefficient (Wildman–Crippen LogP) is 1.50. The van der Waals surface area contributed by atoms with Gasteiger partial charge in [0.15, 0.2) is 0 Å². The van der Waals surface area contributed by atoms with Gasteiger partial charge in [0, 0.05) is 50.2 Å². The van der Waals surface area contributed by atoms with E-state index in [0.717, 1.165) is 25.1 Å². The summed E-state index contributed by atoms with van der Waals surface area (Å²) in [4.78, 5) is 20.7. The largest absolute Gasteiger partial charge is 0.387 e. The Hall–Kier alpha value is -2.24. The van der Waals surface area contributed by atoms with Gasteiger partial charge in [-0.2, -0.15) is 0 Å². The van der Waals surface area contributed by atoms with Crippen molar-refractivity contribution in [1.29, 1.82) is 0 Å². The van der Waals surface area contributed by atoms with Gasteiger partial charge in [-0.1, -0.05) is 24.3 Å². The Balaban J connectivity index is 1.40. The molecule has 2 heterocycles. The van der Waals surface area contributed by atoms with Crippen LogP contribution in [0.5, 0.6) is 0 Å². The molecular formula is C19H21N3O2. The number of pyridine rings is 1. The van der Waals surface area contributed by atoms with Gasteiger partial charge in [-0.25, -0.2) is 0 Å². The lowest BCUT2D eigenvalue weighted by Gasteiger charge is -2.39. The molecule has 2 unspecified atom stereocenters. The van der Waals surface area contributed by atoms with Gasteiger partial charge in [0.05, 0.1) is 6.10 Å². The van der Waals surface area contributed by atoms with Crippen molar-refractivity contribution in [3.8, 4) is 0 Å². The Bertz CT molecular complexity index is 726. The number of hydrogen-bond donors (Lipinski definition) is 1. The maximum Gasteiger partial charge on any atom is 0.254 e. The number of carbonyl (C=O) groups excluding carboxylic acids is 1. The molecule has 1 fully saturated rings. The number of aromatic nitrogens is 1. The molecule has 1 aromatic carbocycles. The van der Waals surface area contributed by atoms with Crippen LogP contribution in [0.3, 0.4) is 0 Å². The van der Waals surface area contributed by atoms with E-state index in [1.807, 2.05) is 23.1 Å². The fourth-order valence-corrected chi connectivity index (χ4v) is 3.82. The Kier molecular flexibility index (Phi) is 4.04. The Morgan fingerprint density at radius 3 is 2.46 bits per heavy atom. The van der Waals surface area contributed by atoms with E-state index in [9.17, 15) is 9.90 Å². The van der Waals surface area contributed by atoms with Crippen molar-refractivity contribution in [3.05, 3.63) is 65.5 Å². The molecular weight excluding hydrogens is 302 g/mol. The Labute approximate surface area is 141 Å². The minimum atomic E-state index is -0.427. The molecule has 1 saturated heterocycles. The molecule has 24 heavy (non-hydrogen) atoms. The van der Waals surface area contributed by atoms with Gasteiger partial charge in [0.1, 0.15) is 0 Å². The number of hydrogen-bond acceptors (Lipinski definition) is 4. The van der Waals surface area contributed by atoms with Crippen molar-refractivity contribution in [2.24, 2.45) is 0 Å². The number of carbonyl (C=O) groups is 1. The lowest BCUT2D eigenvalue weighted by atomic mass is 10.1. The standard InChI is InChI=1S/C19H21N3O2/c23-18-16-4-2-1-3-15(16)13-17(18)21-9-11-22(12-10-21)19(24)14-5-7-20-8-6-14/h1-8,17-18,23H,9-13H2. The minimum absolute atomic E-state index is 0.0623. The summed E-state index contributed by atoms with van der Waals surface area (Å²) in [6, 6.07) is 11.8. The maximum absolute atomic E-state index is 12.5. The summed E-state index contributed by atoms with van der Waals surface area (Å²) in [5, 5.41) is 10.6. The van der Waals surface area contributed by atoms with Crippen LogP contribution >= 0.6 is 0 Å². The number of fused-ring (bicyclic) bond motifs is 1. The van der Waals surface area contributed by atoms with Gasteiger partial charge >= 0.3 is 0 Å². The molecule has 0 spiro atoms. The quantitative estimate of drug-likeness (QED) is 0.910. The van der Waals surface area contributed by atoms with E-state index < -0.39 is 6.10 Å². The zero-order valence-electron chi connectivity index (χ0n) is 13.5. The molecule has 2 aromatic rings. The smallest absolute Gasteiger partial charge is 0.254 e. The maximum atomic E-state index is 12.5. The fourth-order valence-electron chi connectivity index (χ4n) is 3.82. The minimum Gasteiger partial charge on any atom is -0.387 e. The SMILES string of the molecule is O=C(c1ccncc1)N1CCN(C2Cc3ccccc3C2O)CC1. The summed E-state index contributed by atoms with van der Waals surface area (Å²) in [6.45, 7) is 2.99. The predicted molar refractivity (Wildman–Crippen MR) is 90.6 cm³/mol. The van der Waals surface area contributed by atoms with Crippen LogP contribution < -0.4 is 0 Å². The summed E-state index contributed by atoms with van der Waals surface area (Å²) in [5.41, 5.74) is 2.98. The third-order valence-corrected chi connectivity index (χ3v) is 5.17. The zero-order valence-corrected chi connectivity index (χ0v) is 13.5. The average Bonchev–Trinajstić information content (AvgIpc) is 2.99. The summed E-state index contributed by atoms with van der Waals surface area (Å²) in [7, 11) is 0. The summed E-state index contributed by atoms with van der Waals surface area (Å²) in [5.74, 6) is 0.0623. The molecule has 0 radical (unpaired) electrons. The highest BCUT2D eigenvalue weighted by Gasteiger charge is 2.36. The van der Waals surface area contributed by atoms with Crippen LogP contribution in [-0.4, -0.2) is 58.0 Å². The van der Waals surface area contributed by atoms with E-state index in [0.29, 0.717) is 18.7 Å². The van der Waals surface area contributed by atoms with Crippen molar-refractivity contribution in [2.75, 3.05) is 26.2 Å². The van der Waals surface area contributed by atoms with Crippen LogP contribution in [0.25, 0.3) is 0 Å². The van der Waals surface area contributed by atoms with E-state index >= 15 is 0 Å². The average molecular weight is 323 g/mol. The number of benzene rings is 1. The second-order valence-electron chi connectivity index (χ2n) is 6.48. The molecule has 1 aliphatic carbocycles. The van der Waals surface area contributed by atoms with Gasteiger partial charge in [-0.15, -0.1) is 0 Å². The number of nitrogens with zero attached hydrogens (tertiary/aromatic N) is 3. The first kappa shape index (κ1) is 15.3. The van der Waals surface area contributed by atoms with Crippen molar-refractivity contribution in [2.45, 2.75) is 18.6 Å². The summed E-state index contributed by atoms with van der Waals surface area (Å²) < 4.78 is 0. The molecule has 4 rings (SSSR count). The summed E-state index contributed by atoms with van der Waals surface area (Å²) in [6.07, 6.45) is 3.75. The molecule has 1 aliphatic heterocycles. The van der Waals surface area contributed by atoms with Crippen LogP contribution in [0, 0.1) is 0 Å². The molecule has 1 aromatic heterocycles. The van der Waals surface area contributed by atoms with E-state index in [-0.39, 0.29) is 11.9 Å². The van der Waals surface area contributed by atoms with Crippen LogP contribution in [0.15, 0.2) is 48.8 Å². The van der Waals surface area contributed by atoms with Crippen LogP contribution in [0.1, 0.15) is 27.6 Å². The van der Waals surface area contributed by atoms with E-state index in [4.69, 9.17) is 0 Å². The lowest BCUT2D eigenvalue weighted by Crippen LogP contribution is -2.53. The highest BCUT2D eigenvalue weighted by molar-refractivity contribution is 5.94. The zero-order chi connectivity index (χ0) is 16.5. The van der Waals surface area contributed by atoms with E-state index in [2.05, 4.69) is 16.0 Å². The Morgan fingerprint density at radius 2 is 1.75 bits per heavy atom. The first-order valence-electron chi connectivity index (χ1n) is 8.43. The molecule has 124 valence electrons. The third-order valence-electron chi connectivity index (χ3n) is 5.17. The number of piperazine rings is 1. The van der Waals surface area contributed by atoms with Gasteiger partial charge in [0.25, 0.3) is 5.91 Å². The summed E-state index contributed by atoms with van der Waals surface area (Å²) >= 11 is 0. The molecule has 5 nitrogen and oxygen atoms in total. The van der Waals surface area contributed by atoms with Crippen molar-refractivity contribution in [3.63, 3.8) is 0 Å². The topological polar surface area (TPSA) is 56.7 Å². The van der Waals surface area contributed by atoms with E-state index in [1.54, 1.807) is 24.5 Å². The molecule has 2 aliphatic rings. The van der Waals surface area contributed by atoms with Crippen LogP contribution in [-0.2, 0) is 6.42 Å². The fraction of sp³-hybridized carbons (Fsp3) is 0.368. The second kappa shape index (κ2) is 6.34. The third kappa shape index (κ3) is 2.70. The van der Waals surface area contributed by atoms with Crippen molar-refractivity contribution < 1.29 is 9.90 Å². The van der Waals surface area contributed by atoms with Crippen LogP contribution in [0.4, 0.5) is 0 Å². The Morgan fingerprint density at radius 1 is 1.04 bits per heavy atom. The second-order valence-corrected chi connectivity index (χ2v) is 6.48. The number of aliphatic hydroxyl groups excluding tert-OH is 1. The van der Waals surface area contributed by atoms with Crippen molar-refractivity contribution >= 4 is 5.91 Å². The molecule has 5 heteroatoms. The highest BCUT2D eigenvalue weighted by Crippen LogP contribution is 2.34. The number of rotatable bonds is 2. The van der Waals surface area contributed by atoms with Gasteiger partial charge in [-0.3, -0.25) is 14.7 Å². The molecule has 2 atom stereocenters. The molecule has 1 N–H and O–H groups in total. The molecule has 1 amide bonds. The normalized spacial score (nSPS) is 24.0. The molecule has 0 bridgehead atoms. The molecule has 0 saturated carbocycles. The van der Waals surface area contributed by atoms with Gasteiger partial charge < -0.3 is 10.0 Å². The monoisotopic (exact) mass is 323 g/mol. The van der Waals surface area contributed by atoms with Gasteiger partial charge in [0.2, 0.25) is 0 Å². The number of amides is 1. The van der Waals surface area contributed by atoms with E-state index in [1.165, 1.54) is 5.56 Å². The van der Waals surface area contributed by atoms with Gasteiger partial charge in [-0.05, 0) is 29.7 Å². The first-order valence-corrected chi connectivity index (χ1v) is 8.43.